The zero-order chi connectivity index (χ0) is 25.0. The standard InChI is InChI=1S/C9H4F15NO4S/c1-29-2(26)3(10,4(11,12)7(17,18)19)25-30(27,28)9(23,24)6(15,16)5(13,14)8(20,21)22/h25H,1H3. The van der Waals surface area contributed by atoms with Crippen LogP contribution >= 0.6 is 0 Å². The van der Waals surface area contributed by atoms with Crippen molar-refractivity contribution >= 4 is 16.0 Å². The number of sulfonamides is 1. The summed E-state index contributed by atoms with van der Waals surface area (Å²) in [4.78, 5) is 10.9. The molecule has 0 saturated heterocycles. The fourth-order valence-electron chi connectivity index (χ4n) is 1.35. The normalized spacial score (nSPS) is 17.5. The second kappa shape index (κ2) is 7.19. The first-order valence-corrected chi connectivity index (χ1v) is 7.63. The first-order chi connectivity index (χ1) is 12.7. The minimum atomic E-state index is -8.39. The van der Waals surface area contributed by atoms with Crippen molar-refractivity contribution in [3.63, 3.8) is 0 Å². The summed E-state index contributed by atoms with van der Waals surface area (Å²) >= 11 is 0. The minimum Gasteiger partial charge on any atom is -0.465 e. The summed E-state index contributed by atoms with van der Waals surface area (Å²) < 4.78 is 215. The van der Waals surface area contributed by atoms with Crippen LogP contribution in [0.1, 0.15) is 0 Å². The molecule has 0 aliphatic rings. The Bertz CT molecular complexity index is 770. The molecule has 0 bridgehead atoms. The van der Waals surface area contributed by atoms with Crippen molar-refractivity contribution in [2.24, 2.45) is 0 Å². The largest absolute Gasteiger partial charge is 0.465 e. The monoisotopic (exact) mass is 507 g/mol. The lowest BCUT2D eigenvalue weighted by Gasteiger charge is -2.36. The van der Waals surface area contributed by atoms with Crippen LogP contribution in [0.25, 0.3) is 0 Å². The van der Waals surface area contributed by atoms with Gasteiger partial charge in [-0.1, -0.05) is 0 Å². The summed E-state index contributed by atoms with van der Waals surface area (Å²) in [6.45, 7) is 0. The molecule has 1 N–H and O–H groups in total. The first-order valence-electron chi connectivity index (χ1n) is 6.14. The molecule has 30 heavy (non-hydrogen) atoms. The van der Waals surface area contributed by atoms with Crippen molar-refractivity contribution in [2.75, 3.05) is 7.11 Å². The molecule has 0 aromatic carbocycles. The molecule has 180 valence electrons. The van der Waals surface area contributed by atoms with Crippen molar-refractivity contribution in [3.05, 3.63) is 0 Å². The molecule has 0 saturated carbocycles. The summed E-state index contributed by atoms with van der Waals surface area (Å²) in [6, 6.07) is 0. The predicted octanol–water partition coefficient (Wildman–Crippen LogP) is 3.37. The minimum absolute atomic E-state index is 0.248. The van der Waals surface area contributed by atoms with Crippen molar-refractivity contribution in [1.29, 1.82) is 0 Å². The third-order valence-electron chi connectivity index (χ3n) is 2.98. The van der Waals surface area contributed by atoms with Gasteiger partial charge in [-0.25, -0.2) is 17.6 Å². The SMILES string of the molecule is COC(=O)C(F)(NS(=O)(=O)C(F)(F)C(F)(F)C(F)(F)C(F)(F)F)C(F)(F)C(F)(F)F. The number of alkyl halides is 15. The predicted molar refractivity (Wildman–Crippen MR) is 59.8 cm³/mol. The summed E-state index contributed by atoms with van der Waals surface area (Å²) in [5.41, 5.74) is 0. The van der Waals surface area contributed by atoms with Gasteiger partial charge >= 0.3 is 47.1 Å². The molecule has 0 fully saturated rings. The Kier molecular flexibility index (Phi) is 6.79. The van der Waals surface area contributed by atoms with Gasteiger partial charge in [0.05, 0.1) is 7.11 Å². The zero-order valence-electron chi connectivity index (χ0n) is 13.2. The van der Waals surface area contributed by atoms with Crippen LogP contribution in [0, 0.1) is 0 Å². The number of methoxy groups -OCH3 is 1. The van der Waals surface area contributed by atoms with E-state index in [9.17, 15) is 79.1 Å². The maximum absolute atomic E-state index is 14.0. The lowest BCUT2D eigenvalue weighted by molar-refractivity contribution is -0.382. The van der Waals surface area contributed by atoms with Crippen LogP contribution < -0.4 is 4.72 Å². The van der Waals surface area contributed by atoms with Crippen LogP contribution in [0.15, 0.2) is 0 Å². The van der Waals surface area contributed by atoms with E-state index >= 15 is 0 Å². The highest BCUT2D eigenvalue weighted by Crippen LogP contribution is 2.55. The molecule has 0 aliphatic carbocycles. The molecule has 1 unspecified atom stereocenters. The number of hydrogen-bond acceptors (Lipinski definition) is 4. The fourth-order valence-corrected chi connectivity index (χ4v) is 2.52. The van der Waals surface area contributed by atoms with Gasteiger partial charge < -0.3 is 4.74 Å². The number of halogens is 15. The van der Waals surface area contributed by atoms with Crippen LogP contribution in [-0.2, 0) is 19.6 Å². The van der Waals surface area contributed by atoms with E-state index in [1.54, 1.807) is 0 Å². The molecule has 0 amide bonds. The molecule has 0 aromatic heterocycles. The molecule has 0 heterocycles. The fraction of sp³-hybridized carbons (Fsp3) is 0.889. The average molecular weight is 507 g/mol. The lowest BCUT2D eigenvalue weighted by atomic mass is 10.1. The quantitative estimate of drug-likeness (QED) is 0.326. The van der Waals surface area contributed by atoms with Crippen LogP contribution in [-0.4, -0.2) is 62.7 Å². The number of nitrogens with one attached hydrogen (secondary N) is 1. The van der Waals surface area contributed by atoms with Gasteiger partial charge in [-0.15, -0.1) is 0 Å². The van der Waals surface area contributed by atoms with E-state index in [1.807, 2.05) is 0 Å². The van der Waals surface area contributed by atoms with Gasteiger partial charge in [-0.3, -0.25) is 0 Å². The van der Waals surface area contributed by atoms with Gasteiger partial charge in [0.15, 0.2) is 0 Å². The highest BCUT2D eigenvalue weighted by Gasteiger charge is 2.87. The van der Waals surface area contributed by atoms with Crippen molar-refractivity contribution in [3.8, 4) is 0 Å². The van der Waals surface area contributed by atoms with Gasteiger partial charge in [0.25, 0.3) is 10.0 Å². The van der Waals surface area contributed by atoms with E-state index in [0.717, 1.165) is 0 Å². The molecular formula is C9H4F15NO4S. The number of carbonyl (C=O) groups is 1. The van der Waals surface area contributed by atoms with Crippen molar-refractivity contribution < 1.29 is 83.8 Å². The molecule has 0 radical (unpaired) electrons. The number of hydrogen-bond donors (Lipinski definition) is 1. The molecule has 0 aromatic rings. The molecule has 0 rings (SSSR count). The Morgan fingerprint density at radius 1 is 0.667 bits per heavy atom. The second-order valence-electron chi connectivity index (χ2n) is 4.99. The van der Waals surface area contributed by atoms with E-state index in [4.69, 9.17) is 0 Å². The van der Waals surface area contributed by atoms with Crippen molar-refractivity contribution in [2.45, 2.75) is 41.2 Å². The van der Waals surface area contributed by atoms with Crippen LogP contribution in [0.4, 0.5) is 65.9 Å². The maximum Gasteiger partial charge on any atom is 0.460 e. The summed E-state index contributed by atoms with van der Waals surface area (Å²) in [7, 11) is -8.63. The molecule has 0 aliphatic heterocycles. The van der Waals surface area contributed by atoms with Gasteiger partial charge in [0.1, 0.15) is 0 Å². The first kappa shape index (κ1) is 28.3. The third kappa shape index (κ3) is 3.84. The highest BCUT2D eigenvalue weighted by atomic mass is 32.2. The Morgan fingerprint density at radius 3 is 1.27 bits per heavy atom. The van der Waals surface area contributed by atoms with Crippen LogP contribution in [0.2, 0.25) is 0 Å². The third-order valence-corrected chi connectivity index (χ3v) is 4.47. The summed E-state index contributed by atoms with van der Waals surface area (Å²) in [5.74, 6) is -33.9. The number of rotatable bonds is 7. The highest BCUT2D eigenvalue weighted by molar-refractivity contribution is 7.90. The Hall–Kier alpha value is -1.67. The Balaban J connectivity index is 6.77. The van der Waals surface area contributed by atoms with Gasteiger partial charge in [0, 0.05) is 0 Å². The van der Waals surface area contributed by atoms with Gasteiger partial charge in [0.2, 0.25) is 0 Å². The number of carbonyl (C=O) groups excluding carboxylic acids is 1. The smallest absolute Gasteiger partial charge is 0.460 e. The zero-order valence-corrected chi connectivity index (χ0v) is 14.0. The number of esters is 1. The molecular weight excluding hydrogens is 503 g/mol. The lowest BCUT2D eigenvalue weighted by Crippen LogP contribution is -2.72. The second-order valence-corrected chi connectivity index (χ2v) is 6.71. The number of ether oxygens (including phenoxy) is 1. The van der Waals surface area contributed by atoms with E-state index in [0.29, 0.717) is 0 Å². The van der Waals surface area contributed by atoms with Crippen LogP contribution in [0.3, 0.4) is 0 Å². The molecule has 1 atom stereocenters. The average Bonchev–Trinajstić information content (AvgIpc) is 2.50. The van der Waals surface area contributed by atoms with E-state index < -0.39 is 61.9 Å². The van der Waals surface area contributed by atoms with E-state index in [2.05, 4.69) is 4.74 Å². The molecule has 5 nitrogen and oxygen atoms in total. The van der Waals surface area contributed by atoms with Gasteiger partial charge in [-0.05, 0) is 0 Å². The Labute approximate surface area is 154 Å². The molecule has 0 spiro atoms. The Morgan fingerprint density at radius 2 is 1.00 bits per heavy atom. The van der Waals surface area contributed by atoms with E-state index in [1.165, 1.54) is 0 Å². The van der Waals surface area contributed by atoms with Crippen molar-refractivity contribution in [1.82, 2.24) is 4.72 Å². The van der Waals surface area contributed by atoms with E-state index in [-0.39, 0.29) is 7.11 Å². The van der Waals surface area contributed by atoms with Crippen LogP contribution in [0.5, 0.6) is 0 Å². The maximum atomic E-state index is 14.0. The summed E-state index contributed by atoms with van der Waals surface area (Å²) in [5, 5.41) is -7.92. The molecule has 21 heteroatoms. The summed E-state index contributed by atoms with van der Waals surface area (Å²) in [6.07, 6.45) is -15.0. The van der Waals surface area contributed by atoms with Gasteiger partial charge in [-0.2, -0.15) is 66.2 Å². The topological polar surface area (TPSA) is 72.5 Å².